The molecule has 0 saturated carbocycles. The molecule has 1 amide bonds. The maximum atomic E-state index is 12.4. The third kappa shape index (κ3) is 2.99. The molecule has 23 heavy (non-hydrogen) atoms. The zero-order valence-electron chi connectivity index (χ0n) is 13.2. The van der Waals surface area contributed by atoms with E-state index in [0.717, 1.165) is 10.9 Å². The smallest absolute Gasteiger partial charge is 0.291 e. The monoisotopic (exact) mass is 311 g/mol. The molecule has 0 aliphatic heterocycles. The maximum absolute atomic E-state index is 12.4. The van der Waals surface area contributed by atoms with Crippen molar-refractivity contribution < 1.29 is 18.7 Å². The Hall–Kier alpha value is -2.95. The average molecular weight is 311 g/mol. The van der Waals surface area contributed by atoms with Crippen molar-refractivity contribution >= 4 is 22.6 Å². The predicted octanol–water partition coefficient (Wildman–Crippen LogP) is 4.01. The number of hydrogen-bond donors (Lipinski definition) is 1. The number of anilines is 1. The van der Waals surface area contributed by atoms with Crippen LogP contribution in [-0.2, 0) is 0 Å². The quantitative estimate of drug-likeness (QED) is 0.791. The Kier molecular flexibility index (Phi) is 3.93. The molecule has 0 fully saturated rings. The normalized spacial score (nSPS) is 10.6. The Morgan fingerprint density at radius 3 is 2.61 bits per heavy atom. The van der Waals surface area contributed by atoms with Gasteiger partial charge in [0.05, 0.1) is 19.9 Å². The Morgan fingerprint density at radius 1 is 1.04 bits per heavy atom. The van der Waals surface area contributed by atoms with Crippen LogP contribution in [0.1, 0.15) is 16.1 Å². The van der Waals surface area contributed by atoms with Crippen LogP contribution < -0.4 is 14.8 Å². The van der Waals surface area contributed by atoms with Crippen molar-refractivity contribution in [2.24, 2.45) is 0 Å². The molecule has 0 aliphatic carbocycles. The molecule has 0 spiro atoms. The number of benzene rings is 2. The molecule has 3 aromatic rings. The number of carbonyl (C=O) groups is 1. The van der Waals surface area contributed by atoms with Gasteiger partial charge in [0, 0.05) is 11.5 Å². The zero-order chi connectivity index (χ0) is 16.4. The van der Waals surface area contributed by atoms with E-state index in [0.29, 0.717) is 22.8 Å². The third-order valence-electron chi connectivity index (χ3n) is 3.56. The summed E-state index contributed by atoms with van der Waals surface area (Å²) in [5.74, 6) is 1.09. The fourth-order valence-electron chi connectivity index (χ4n) is 2.34. The van der Waals surface area contributed by atoms with Crippen molar-refractivity contribution in [2.45, 2.75) is 6.92 Å². The highest BCUT2D eigenvalue weighted by molar-refractivity contribution is 6.05. The number of methoxy groups -OCH3 is 2. The van der Waals surface area contributed by atoms with Crippen LogP contribution in [0.2, 0.25) is 0 Å². The Labute approximate surface area is 133 Å². The second-order valence-corrected chi connectivity index (χ2v) is 5.17. The maximum Gasteiger partial charge on any atom is 0.291 e. The van der Waals surface area contributed by atoms with Crippen molar-refractivity contribution in [2.75, 3.05) is 19.5 Å². The number of hydrogen-bond acceptors (Lipinski definition) is 4. The molecule has 0 unspecified atom stereocenters. The first kappa shape index (κ1) is 15.0. The molecule has 0 aliphatic rings. The van der Waals surface area contributed by atoms with Gasteiger partial charge in [0.25, 0.3) is 5.91 Å². The molecule has 5 nitrogen and oxygen atoms in total. The van der Waals surface area contributed by atoms with Gasteiger partial charge in [0.15, 0.2) is 5.76 Å². The molecule has 0 saturated heterocycles. The molecule has 1 aromatic heterocycles. The lowest BCUT2D eigenvalue weighted by Gasteiger charge is -2.10. The standard InChI is InChI=1S/C18H17NO4/c1-11-4-5-12-9-17(23-15(12)8-11)18(20)19-14-7-6-13(21-2)10-16(14)22-3/h4-10H,1-3H3,(H,19,20). The molecule has 0 bridgehead atoms. The number of nitrogens with one attached hydrogen (secondary N) is 1. The second-order valence-electron chi connectivity index (χ2n) is 5.17. The van der Waals surface area contributed by atoms with Crippen LogP contribution in [-0.4, -0.2) is 20.1 Å². The summed E-state index contributed by atoms with van der Waals surface area (Å²) in [5, 5.41) is 3.68. The van der Waals surface area contributed by atoms with Crippen LogP contribution in [0.5, 0.6) is 11.5 Å². The van der Waals surface area contributed by atoms with Crippen LogP contribution in [0.3, 0.4) is 0 Å². The lowest BCUT2D eigenvalue weighted by Crippen LogP contribution is -2.11. The van der Waals surface area contributed by atoms with E-state index in [4.69, 9.17) is 13.9 Å². The molecule has 118 valence electrons. The van der Waals surface area contributed by atoms with Crippen LogP contribution in [0, 0.1) is 6.92 Å². The number of carbonyl (C=O) groups excluding carboxylic acids is 1. The Bertz CT molecular complexity index is 867. The first-order valence-corrected chi connectivity index (χ1v) is 7.14. The van der Waals surface area contributed by atoms with E-state index in [2.05, 4.69) is 5.32 Å². The van der Waals surface area contributed by atoms with E-state index in [1.807, 2.05) is 25.1 Å². The SMILES string of the molecule is COc1ccc(NC(=O)c2cc3ccc(C)cc3o2)c(OC)c1. The van der Waals surface area contributed by atoms with E-state index in [1.54, 1.807) is 31.4 Å². The van der Waals surface area contributed by atoms with Crippen molar-refractivity contribution in [3.63, 3.8) is 0 Å². The van der Waals surface area contributed by atoms with Gasteiger partial charge in [-0.1, -0.05) is 12.1 Å². The highest BCUT2D eigenvalue weighted by Gasteiger charge is 2.15. The van der Waals surface area contributed by atoms with E-state index in [-0.39, 0.29) is 11.7 Å². The Morgan fingerprint density at radius 2 is 1.87 bits per heavy atom. The number of rotatable bonds is 4. The number of ether oxygens (including phenoxy) is 2. The lowest BCUT2D eigenvalue weighted by molar-refractivity contribution is 0.0998. The molecular formula is C18H17NO4. The Balaban J connectivity index is 1.88. The summed E-state index contributed by atoms with van der Waals surface area (Å²) in [6.07, 6.45) is 0. The summed E-state index contributed by atoms with van der Waals surface area (Å²) in [6.45, 7) is 1.98. The van der Waals surface area contributed by atoms with Crippen LogP contribution in [0.15, 0.2) is 46.9 Å². The summed E-state index contributed by atoms with van der Waals surface area (Å²) in [5.41, 5.74) is 2.32. The highest BCUT2D eigenvalue weighted by atomic mass is 16.5. The summed E-state index contributed by atoms with van der Waals surface area (Å²) in [4.78, 5) is 12.4. The highest BCUT2D eigenvalue weighted by Crippen LogP contribution is 2.30. The third-order valence-corrected chi connectivity index (χ3v) is 3.56. The number of furan rings is 1. The van der Waals surface area contributed by atoms with Crippen molar-refractivity contribution in [1.29, 1.82) is 0 Å². The predicted molar refractivity (Wildman–Crippen MR) is 88.5 cm³/mol. The van der Waals surface area contributed by atoms with E-state index in [1.165, 1.54) is 7.11 Å². The summed E-state index contributed by atoms with van der Waals surface area (Å²) < 4.78 is 16.0. The van der Waals surface area contributed by atoms with Gasteiger partial charge in [0.1, 0.15) is 17.1 Å². The topological polar surface area (TPSA) is 60.7 Å². The molecule has 5 heteroatoms. The van der Waals surface area contributed by atoms with Gasteiger partial charge < -0.3 is 19.2 Å². The summed E-state index contributed by atoms with van der Waals surface area (Å²) in [7, 11) is 3.11. The lowest BCUT2D eigenvalue weighted by atomic mass is 10.2. The van der Waals surface area contributed by atoms with Gasteiger partial charge in [-0.3, -0.25) is 4.79 Å². The second kappa shape index (κ2) is 6.04. The first-order chi connectivity index (χ1) is 11.1. The minimum Gasteiger partial charge on any atom is -0.497 e. The number of aryl methyl sites for hydroxylation is 1. The summed E-state index contributed by atoms with van der Waals surface area (Å²) >= 11 is 0. The van der Waals surface area contributed by atoms with Gasteiger partial charge in [-0.25, -0.2) is 0 Å². The van der Waals surface area contributed by atoms with E-state index < -0.39 is 0 Å². The average Bonchev–Trinajstić information content (AvgIpc) is 2.98. The molecule has 3 rings (SSSR count). The molecule has 0 atom stereocenters. The minimum absolute atomic E-state index is 0.253. The zero-order valence-corrected chi connectivity index (χ0v) is 13.2. The van der Waals surface area contributed by atoms with E-state index >= 15 is 0 Å². The largest absolute Gasteiger partial charge is 0.497 e. The van der Waals surface area contributed by atoms with Gasteiger partial charge >= 0.3 is 0 Å². The van der Waals surface area contributed by atoms with Crippen molar-refractivity contribution in [3.8, 4) is 11.5 Å². The van der Waals surface area contributed by atoms with Crippen molar-refractivity contribution in [1.82, 2.24) is 0 Å². The van der Waals surface area contributed by atoms with Gasteiger partial charge in [-0.2, -0.15) is 0 Å². The summed E-state index contributed by atoms with van der Waals surface area (Å²) in [6, 6.07) is 12.7. The molecule has 1 heterocycles. The van der Waals surface area contributed by atoms with Crippen molar-refractivity contribution in [3.05, 3.63) is 53.8 Å². The van der Waals surface area contributed by atoms with Gasteiger partial charge in [-0.05, 0) is 36.8 Å². The van der Waals surface area contributed by atoms with Gasteiger partial charge in [0.2, 0.25) is 0 Å². The van der Waals surface area contributed by atoms with Gasteiger partial charge in [-0.15, -0.1) is 0 Å². The fraction of sp³-hybridized carbons (Fsp3) is 0.167. The number of fused-ring (bicyclic) bond motifs is 1. The fourth-order valence-corrected chi connectivity index (χ4v) is 2.34. The minimum atomic E-state index is -0.331. The van der Waals surface area contributed by atoms with Crippen LogP contribution in [0.4, 0.5) is 5.69 Å². The first-order valence-electron chi connectivity index (χ1n) is 7.14. The molecule has 0 radical (unpaired) electrons. The molecule has 1 N–H and O–H groups in total. The molecule has 2 aromatic carbocycles. The molecular weight excluding hydrogens is 294 g/mol. The van der Waals surface area contributed by atoms with Crippen LogP contribution >= 0.6 is 0 Å². The number of amides is 1. The van der Waals surface area contributed by atoms with Crippen LogP contribution in [0.25, 0.3) is 11.0 Å². The van der Waals surface area contributed by atoms with E-state index in [9.17, 15) is 4.79 Å².